The Labute approximate surface area is 85.3 Å². The summed E-state index contributed by atoms with van der Waals surface area (Å²) in [6.45, 7) is 1.69. The lowest BCUT2D eigenvalue weighted by molar-refractivity contribution is -0.128. The van der Waals surface area contributed by atoms with Crippen molar-refractivity contribution in [3.8, 4) is 0 Å². The minimum atomic E-state index is -3.05. The minimum absolute atomic E-state index is 0.120. The predicted octanol–water partition coefficient (Wildman–Crippen LogP) is 2.44. The number of rotatable bonds is 3. The molecule has 0 aliphatic carbocycles. The zero-order valence-corrected chi connectivity index (χ0v) is 8.08. The number of hydrogen-bond donors (Lipinski definition) is 0. The number of alkyl halides is 2. The molecule has 2 nitrogen and oxygen atoms in total. The zero-order chi connectivity index (χ0) is 11.4. The molecule has 0 atom stereocenters. The number of carbonyl (C=O) groups is 1. The molecule has 82 valence electrons. The number of benzene rings is 1. The van der Waals surface area contributed by atoms with Crippen molar-refractivity contribution in [1.82, 2.24) is 0 Å². The van der Waals surface area contributed by atoms with Crippen LogP contribution in [0.1, 0.15) is 6.92 Å². The summed E-state index contributed by atoms with van der Waals surface area (Å²) in [7, 11) is 0. The van der Waals surface area contributed by atoms with Gasteiger partial charge in [0.1, 0.15) is 5.82 Å². The van der Waals surface area contributed by atoms with Crippen molar-refractivity contribution in [2.24, 2.45) is 0 Å². The highest BCUT2D eigenvalue weighted by Gasteiger charge is 2.23. The lowest BCUT2D eigenvalue weighted by Crippen LogP contribution is -2.35. The Morgan fingerprint density at radius 3 is 2.27 bits per heavy atom. The SMILES string of the molecule is CCN(C(=O)C(F)F)c1ccc(F)cc1. The molecule has 0 N–H and O–H groups in total. The van der Waals surface area contributed by atoms with Crippen molar-refractivity contribution in [1.29, 1.82) is 0 Å². The molecule has 1 amide bonds. The van der Waals surface area contributed by atoms with Crippen LogP contribution in [0.3, 0.4) is 0 Å². The van der Waals surface area contributed by atoms with Gasteiger partial charge in [-0.2, -0.15) is 8.78 Å². The van der Waals surface area contributed by atoms with Gasteiger partial charge in [0.25, 0.3) is 5.91 Å². The van der Waals surface area contributed by atoms with Crippen LogP contribution >= 0.6 is 0 Å². The first kappa shape index (κ1) is 11.6. The Balaban J connectivity index is 2.92. The van der Waals surface area contributed by atoms with Crippen molar-refractivity contribution >= 4 is 11.6 Å². The van der Waals surface area contributed by atoms with E-state index in [4.69, 9.17) is 0 Å². The van der Waals surface area contributed by atoms with Crippen LogP contribution in [0.25, 0.3) is 0 Å². The van der Waals surface area contributed by atoms with Gasteiger partial charge in [-0.05, 0) is 31.2 Å². The van der Waals surface area contributed by atoms with Crippen LogP contribution in [-0.4, -0.2) is 18.9 Å². The van der Waals surface area contributed by atoms with Gasteiger partial charge in [0, 0.05) is 12.2 Å². The molecule has 0 saturated carbocycles. The third kappa shape index (κ3) is 2.71. The summed E-state index contributed by atoms with van der Waals surface area (Å²) in [6, 6.07) is 4.83. The van der Waals surface area contributed by atoms with E-state index < -0.39 is 18.1 Å². The van der Waals surface area contributed by atoms with Gasteiger partial charge < -0.3 is 4.90 Å². The summed E-state index contributed by atoms with van der Waals surface area (Å²) in [5.74, 6) is -1.75. The third-order valence-corrected chi connectivity index (χ3v) is 1.91. The average Bonchev–Trinajstić information content (AvgIpc) is 2.21. The van der Waals surface area contributed by atoms with Gasteiger partial charge in [0.15, 0.2) is 0 Å². The van der Waals surface area contributed by atoms with E-state index in [1.54, 1.807) is 6.92 Å². The Bertz CT molecular complexity index is 337. The number of halogens is 3. The second-order valence-corrected chi connectivity index (χ2v) is 2.86. The maximum absolute atomic E-state index is 12.6. The van der Waals surface area contributed by atoms with E-state index in [1.165, 1.54) is 12.1 Å². The van der Waals surface area contributed by atoms with Gasteiger partial charge in [-0.1, -0.05) is 0 Å². The van der Waals surface area contributed by atoms with Crippen LogP contribution in [0.4, 0.5) is 18.9 Å². The summed E-state index contributed by atoms with van der Waals surface area (Å²) in [5.41, 5.74) is 0.268. The molecule has 0 spiro atoms. The standard InChI is InChI=1S/C10H10F3NO/c1-2-14(10(15)9(12)13)8-5-3-7(11)4-6-8/h3-6,9H,2H2,1H3. The van der Waals surface area contributed by atoms with Crippen LogP contribution < -0.4 is 4.90 Å². The highest BCUT2D eigenvalue weighted by molar-refractivity contribution is 5.95. The van der Waals surface area contributed by atoms with Gasteiger partial charge in [0.05, 0.1) is 0 Å². The number of anilines is 1. The Hall–Kier alpha value is -1.52. The van der Waals surface area contributed by atoms with Crippen LogP contribution in [0.2, 0.25) is 0 Å². The molecule has 0 saturated heterocycles. The molecule has 0 aliphatic heterocycles. The summed E-state index contributed by atoms with van der Waals surface area (Å²) in [4.78, 5) is 11.9. The second kappa shape index (κ2) is 4.82. The maximum atomic E-state index is 12.6. The van der Waals surface area contributed by atoms with E-state index in [9.17, 15) is 18.0 Å². The minimum Gasteiger partial charge on any atom is -0.308 e. The highest BCUT2D eigenvalue weighted by Crippen LogP contribution is 2.16. The van der Waals surface area contributed by atoms with Gasteiger partial charge >= 0.3 is 6.43 Å². The average molecular weight is 217 g/mol. The molecule has 0 aliphatic rings. The van der Waals surface area contributed by atoms with Gasteiger partial charge in [-0.15, -0.1) is 0 Å². The molecule has 5 heteroatoms. The third-order valence-electron chi connectivity index (χ3n) is 1.91. The van der Waals surface area contributed by atoms with Crippen molar-refractivity contribution in [3.63, 3.8) is 0 Å². The first-order valence-electron chi connectivity index (χ1n) is 4.41. The van der Waals surface area contributed by atoms with Gasteiger partial charge in [-0.25, -0.2) is 4.39 Å². The number of amides is 1. The molecule has 0 radical (unpaired) electrons. The number of hydrogen-bond acceptors (Lipinski definition) is 1. The van der Waals surface area contributed by atoms with E-state index in [-0.39, 0.29) is 12.2 Å². The fourth-order valence-corrected chi connectivity index (χ4v) is 1.20. The molecular formula is C10H10F3NO. The molecule has 1 aromatic rings. The quantitative estimate of drug-likeness (QED) is 0.761. The first-order valence-corrected chi connectivity index (χ1v) is 4.41. The molecule has 1 rings (SSSR count). The smallest absolute Gasteiger partial charge is 0.308 e. The van der Waals surface area contributed by atoms with E-state index in [0.717, 1.165) is 17.0 Å². The van der Waals surface area contributed by atoms with Crippen LogP contribution in [-0.2, 0) is 4.79 Å². The summed E-state index contributed by atoms with van der Waals surface area (Å²) in [6.07, 6.45) is -3.05. The van der Waals surface area contributed by atoms with Crippen LogP contribution in [0.15, 0.2) is 24.3 Å². The fourth-order valence-electron chi connectivity index (χ4n) is 1.20. The topological polar surface area (TPSA) is 20.3 Å². The van der Waals surface area contributed by atoms with Gasteiger partial charge in [0.2, 0.25) is 0 Å². The monoisotopic (exact) mass is 217 g/mol. The van der Waals surface area contributed by atoms with Crippen LogP contribution in [0.5, 0.6) is 0 Å². The highest BCUT2D eigenvalue weighted by atomic mass is 19.3. The normalized spacial score (nSPS) is 10.5. The van der Waals surface area contributed by atoms with Crippen molar-refractivity contribution < 1.29 is 18.0 Å². The van der Waals surface area contributed by atoms with Crippen molar-refractivity contribution in [2.75, 3.05) is 11.4 Å². The summed E-state index contributed by atoms with van der Waals surface area (Å²) >= 11 is 0. The van der Waals surface area contributed by atoms with E-state index in [2.05, 4.69) is 0 Å². The molecule has 0 bridgehead atoms. The van der Waals surface area contributed by atoms with Crippen molar-refractivity contribution in [3.05, 3.63) is 30.1 Å². The fraction of sp³-hybridized carbons (Fsp3) is 0.300. The molecule has 0 unspecified atom stereocenters. The lowest BCUT2D eigenvalue weighted by atomic mass is 10.2. The zero-order valence-electron chi connectivity index (χ0n) is 8.08. The van der Waals surface area contributed by atoms with E-state index in [0.29, 0.717) is 0 Å². The summed E-state index contributed by atoms with van der Waals surface area (Å²) < 4.78 is 36.9. The number of nitrogens with zero attached hydrogens (tertiary/aromatic N) is 1. The number of carbonyl (C=O) groups excluding carboxylic acids is 1. The second-order valence-electron chi connectivity index (χ2n) is 2.86. The largest absolute Gasteiger partial charge is 0.316 e. The van der Waals surface area contributed by atoms with Crippen molar-refractivity contribution in [2.45, 2.75) is 13.3 Å². The first-order chi connectivity index (χ1) is 7.06. The van der Waals surface area contributed by atoms with Crippen LogP contribution in [0, 0.1) is 5.82 Å². The molecular weight excluding hydrogens is 207 g/mol. The maximum Gasteiger partial charge on any atom is 0.316 e. The van der Waals surface area contributed by atoms with E-state index >= 15 is 0 Å². The molecule has 0 fully saturated rings. The lowest BCUT2D eigenvalue weighted by Gasteiger charge is -2.20. The van der Waals surface area contributed by atoms with Gasteiger partial charge in [-0.3, -0.25) is 4.79 Å². The Kier molecular flexibility index (Phi) is 3.71. The molecule has 0 aromatic heterocycles. The summed E-state index contributed by atoms with van der Waals surface area (Å²) in [5, 5.41) is 0. The Morgan fingerprint density at radius 1 is 1.33 bits per heavy atom. The predicted molar refractivity (Wildman–Crippen MR) is 50.4 cm³/mol. The molecule has 1 aromatic carbocycles. The molecule has 15 heavy (non-hydrogen) atoms. The molecule has 0 heterocycles. The van der Waals surface area contributed by atoms with E-state index in [1.807, 2.05) is 0 Å². The Morgan fingerprint density at radius 2 is 1.87 bits per heavy atom.